The Hall–Kier alpha value is 0. The third-order valence-corrected chi connectivity index (χ3v) is 0.408. The summed E-state index contributed by atoms with van der Waals surface area (Å²) in [7, 11) is 0. The van der Waals surface area contributed by atoms with E-state index in [4.69, 9.17) is 0 Å². The SMILES string of the molecule is C[CH]C.C[CH]CC. The van der Waals surface area contributed by atoms with Crippen LogP contribution in [0.4, 0.5) is 0 Å². The second-order valence-corrected chi connectivity index (χ2v) is 1.39. The second kappa shape index (κ2) is 16.7. The largest absolute Gasteiger partial charge is 0.0651 e. The van der Waals surface area contributed by atoms with Crippen LogP contribution in [0.3, 0.4) is 0 Å². The van der Waals surface area contributed by atoms with Crippen LogP contribution in [0.5, 0.6) is 0 Å². The van der Waals surface area contributed by atoms with Gasteiger partial charge in [-0.1, -0.05) is 34.1 Å². The molecule has 0 aliphatic rings. The first kappa shape index (κ1) is 10.1. The Morgan fingerprint density at radius 1 is 1.14 bits per heavy atom. The van der Waals surface area contributed by atoms with E-state index in [1.807, 2.05) is 20.3 Å². The van der Waals surface area contributed by atoms with E-state index in [-0.39, 0.29) is 0 Å². The molecule has 0 bridgehead atoms. The molecule has 0 amide bonds. The van der Waals surface area contributed by atoms with Gasteiger partial charge in [-0.2, -0.15) is 0 Å². The van der Waals surface area contributed by atoms with Gasteiger partial charge in [0.25, 0.3) is 0 Å². The lowest BCUT2D eigenvalue weighted by molar-refractivity contribution is 1.10. The predicted octanol–water partition coefficient (Wildman–Crippen LogP) is 2.85. The maximum Gasteiger partial charge on any atom is -0.0420 e. The molecule has 0 N–H and O–H groups in total. The van der Waals surface area contributed by atoms with Crippen LogP contribution in [0, 0.1) is 12.8 Å². The zero-order chi connectivity index (χ0) is 6.12. The summed E-state index contributed by atoms with van der Waals surface area (Å²) in [5.41, 5.74) is 0. The lowest BCUT2D eigenvalue weighted by atomic mass is 10.4. The average Bonchev–Trinajstić information content (AvgIpc) is 1.69. The van der Waals surface area contributed by atoms with Gasteiger partial charge in [0, 0.05) is 0 Å². The molecule has 0 fully saturated rings. The highest BCUT2D eigenvalue weighted by atomic mass is 13.6. The van der Waals surface area contributed by atoms with Gasteiger partial charge < -0.3 is 0 Å². The average molecular weight is 100 g/mol. The summed E-state index contributed by atoms with van der Waals surface area (Å²) in [6.07, 6.45) is 5.32. The van der Waals surface area contributed by atoms with Gasteiger partial charge in [0.1, 0.15) is 0 Å². The molecule has 0 atom stereocenters. The standard InChI is InChI=1S/C4H9.C3H7/c1-3-4-2;1-3-2/h3H,4H2,1-2H3;3H,1-2H3. The molecule has 0 rings (SSSR count). The molecule has 0 aromatic heterocycles. The van der Waals surface area contributed by atoms with Crippen LogP contribution in [0.25, 0.3) is 0 Å². The van der Waals surface area contributed by atoms with E-state index < -0.39 is 0 Å². The van der Waals surface area contributed by atoms with Crippen molar-refractivity contribution in [1.29, 1.82) is 0 Å². The van der Waals surface area contributed by atoms with Crippen molar-refractivity contribution in [2.24, 2.45) is 0 Å². The van der Waals surface area contributed by atoms with Crippen LogP contribution in [0.2, 0.25) is 0 Å². The highest BCUT2D eigenvalue weighted by Gasteiger charge is 1.57. The van der Waals surface area contributed by atoms with E-state index in [0.29, 0.717) is 0 Å². The minimum Gasteiger partial charge on any atom is -0.0651 e. The van der Waals surface area contributed by atoms with Crippen LogP contribution >= 0.6 is 0 Å². The Morgan fingerprint density at radius 3 is 1.29 bits per heavy atom. The van der Waals surface area contributed by atoms with Crippen LogP contribution in [-0.4, -0.2) is 0 Å². The van der Waals surface area contributed by atoms with Gasteiger partial charge in [-0.15, -0.1) is 0 Å². The number of hydrogen-bond donors (Lipinski definition) is 0. The monoisotopic (exact) mass is 100 g/mol. The van der Waals surface area contributed by atoms with E-state index in [1.54, 1.807) is 0 Å². The first-order valence-electron chi connectivity index (χ1n) is 2.85. The third-order valence-electron chi connectivity index (χ3n) is 0.408. The minimum absolute atomic E-state index is 1.19. The molecule has 0 aromatic carbocycles. The first-order chi connectivity index (χ1) is 3.33. The summed E-state index contributed by atoms with van der Waals surface area (Å²) in [5, 5.41) is 0. The Kier molecular flexibility index (Phi) is 24.0. The second-order valence-electron chi connectivity index (χ2n) is 1.39. The van der Waals surface area contributed by atoms with Crippen LogP contribution < -0.4 is 0 Å². The third kappa shape index (κ3) is 96.0. The van der Waals surface area contributed by atoms with Gasteiger partial charge in [0.05, 0.1) is 0 Å². The Morgan fingerprint density at radius 2 is 1.29 bits per heavy atom. The fourth-order valence-electron chi connectivity index (χ4n) is 0. The van der Waals surface area contributed by atoms with E-state index in [1.165, 1.54) is 6.42 Å². The maximum absolute atomic E-state index is 2.12. The molecule has 0 aromatic rings. The molecule has 0 nitrogen and oxygen atoms in total. The van der Waals surface area contributed by atoms with Crippen LogP contribution in [0.1, 0.15) is 34.1 Å². The van der Waals surface area contributed by atoms with Gasteiger partial charge in [-0.3, -0.25) is 0 Å². The van der Waals surface area contributed by atoms with E-state index in [0.717, 1.165) is 0 Å². The number of hydrogen-bond acceptors (Lipinski definition) is 0. The zero-order valence-electron chi connectivity index (χ0n) is 5.86. The Balaban J connectivity index is 0. The van der Waals surface area contributed by atoms with Gasteiger partial charge in [-0.25, -0.2) is 0 Å². The maximum atomic E-state index is 2.12. The fourth-order valence-corrected chi connectivity index (χ4v) is 0. The topological polar surface area (TPSA) is 0 Å². The smallest absolute Gasteiger partial charge is 0.0420 e. The molecule has 0 heterocycles. The predicted molar refractivity (Wildman–Crippen MR) is 35.9 cm³/mol. The molecule has 44 valence electrons. The van der Waals surface area contributed by atoms with Gasteiger partial charge in [0.15, 0.2) is 0 Å². The molecule has 0 unspecified atom stereocenters. The summed E-state index contributed by atoms with van der Waals surface area (Å²) in [6.45, 7) is 8.18. The summed E-state index contributed by atoms with van der Waals surface area (Å²) in [6, 6.07) is 0. The molecule has 0 saturated heterocycles. The molecule has 2 radical (unpaired) electrons. The number of unbranched alkanes of at least 4 members (excludes halogenated alkanes) is 1. The summed E-state index contributed by atoms with van der Waals surface area (Å²) < 4.78 is 0. The Bertz CT molecular complexity index is 7.51. The molecule has 0 heteroatoms. The molecule has 7 heavy (non-hydrogen) atoms. The van der Waals surface area contributed by atoms with Crippen molar-refractivity contribution in [1.82, 2.24) is 0 Å². The number of rotatable bonds is 1. The molecular weight excluding hydrogens is 84.1 g/mol. The highest BCUT2D eigenvalue weighted by Crippen LogP contribution is 1.74. The summed E-state index contributed by atoms with van der Waals surface area (Å²) in [5.74, 6) is 0. The molecular formula is C7H16. The molecule has 0 saturated carbocycles. The van der Waals surface area contributed by atoms with Gasteiger partial charge in [-0.05, 0) is 12.8 Å². The van der Waals surface area contributed by atoms with E-state index >= 15 is 0 Å². The van der Waals surface area contributed by atoms with E-state index in [2.05, 4.69) is 20.3 Å². The summed E-state index contributed by atoms with van der Waals surface area (Å²) in [4.78, 5) is 0. The Labute approximate surface area is 47.9 Å². The van der Waals surface area contributed by atoms with E-state index in [9.17, 15) is 0 Å². The van der Waals surface area contributed by atoms with Crippen molar-refractivity contribution in [3.63, 3.8) is 0 Å². The van der Waals surface area contributed by atoms with Gasteiger partial charge in [0.2, 0.25) is 0 Å². The van der Waals surface area contributed by atoms with Crippen LogP contribution in [0.15, 0.2) is 0 Å². The highest BCUT2D eigenvalue weighted by molar-refractivity contribution is 4.45. The van der Waals surface area contributed by atoms with Crippen molar-refractivity contribution < 1.29 is 0 Å². The lowest BCUT2D eigenvalue weighted by Gasteiger charge is -1.67. The fraction of sp³-hybridized carbons (Fsp3) is 0.714. The molecule has 0 aliphatic carbocycles. The van der Waals surface area contributed by atoms with Crippen LogP contribution in [-0.2, 0) is 0 Å². The zero-order valence-corrected chi connectivity index (χ0v) is 5.86. The summed E-state index contributed by atoms with van der Waals surface area (Å²) >= 11 is 0. The van der Waals surface area contributed by atoms with Crippen molar-refractivity contribution in [3.05, 3.63) is 12.8 Å². The van der Waals surface area contributed by atoms with Crippen molar-refractivity contribution in [2.45, 2.75) is 34.1 Å². The molecule has 0 spiro atoms. The quantitative estimate of drug-likeness (QED) is 0.475. The normalized spacial score (nSPS) is 6.86. The van der Waals surface area contributed by atoms with Crippen molar-refractivity contribution in [3.8, 4) is 0 Å². The van der Waals surface area contributed by atoms with Crippen molar-refractivity contribution >= 4 is 0 Å². The van der Waals surface area contributed by atoms with Gasteiger partial charge >= 0.3 is 0 Å². The first-order valence-corrected chi connectivity index (χ1v) is 2.85. The lowest BCUT2D eigenvalue weighted by Crippen LogP contribution is -1.50. The van der Waals surface area contributed by atoms with Crippen molar-refractivity contribution in [2.75, 3.05) is 0 Å². The molecule has 0 aliphatic heterocycles. The minimum atomic E-state index is 1.19.